The molecule has 0 bridgehead atoms. The number of halogens is 1. The highest BCUT2D eigenvalue weighted by Gasteiger charge is 2.27. The number of aliphatic hydroxyl groups is 1. The van der Waals surface area contributed by atoms with Gasteiger partial charge in [-0.05, 0) is 43.3 Å². The molecule has 2 N–H and O–H groups in total. The molecule has 5 heteroatoms. The van der Waals surface area contributed by atoms with Crippen molar-refractivity contribution in [3.05, 3.63) is 54.1 Å². The van der Waals surface area contributed by atoms with Crippen LogP contribution in [0.1, 0.15) is 12.6 Å². The first-order chi connectivity index (χ1) is 9.57. The minimum absolute atomic E-state index is 0.169. The quantitative estimate of drug-likeness (QED) is 0.881. The van der Waals surface area contributed by atoms with Crippen molar-refractivity contribution in [2.24, 2.45) is 0 Å². The van der Waals surface area contributed by atoms with Crippen LogP contribution in [0, 0.1) is 5.82 Å². The van der Waals surface area contributed by atoms with Gasteiger partial charge in [-0.3, -0.25) is 4.98 Å². The first kappa shape index (κ1) is 14.3. The van der Waals surface area contributed by atoms with E-state index >= 15 is 0 Å². The fourth-order valence-corrected chi connectivity index (χ4v) is 1.88. The molecule has 0 amide bonds. The molecule has 0 saturated carbocycles. The molecule has 1 unspecified atom stereocenters. The van der Waals surface area contributed by atoms with Gasteiger partial charge in [-0.25, -0.2) is 4.39 Å². The summed E-state index contributed by atoms with van der Waals surface area (Å²) >= 11 is 0. The third-order valence-electron chi connectivity index (χ3n) is 3.12. The summed E-state index contributed by atoms with van der Waals surface area (Å²) in [6.07, 6.45) is 1.14. The van der Waals surface area contributed by atoms with Crippen molar-refractivity contribution in [3.8, 4) is 5.75 Å². The van der Waals surface area contributed by atoms with Gasteiger partial charge in [0.05, 0.1) is 31.1 Å². The summed E-state index contributed by atoms with van der Waals surface area (Å²) in [7, 11) is 1.60. The summed E-state index contributed by atoms with van der Waals surface area (Å²) < 4.78 is 18.0. The van der Waals surface area contributed by atoms with E-state index in [4.69, 9.17) is 4.74 Å². The van der Waals surface area contributed by atoms with Crippen LogP contribution in [0.5, 0.6) is 5.75 Å². The molecule has 0 aliphatic rings. The first-order valence-corrected chi connectivity index (χ1v) is 6.22. The average molecular weight is 276 g/mol. The Bertz CT molecular complexity index is 557. The first-order valence-electron chi connectivity index (χ1n) is 6.22. The van der Waals surface area contributed by atoms with E-state index in [0.717, 1.165) is 17.6 Å². The number of nitrogens with one attached hydrogen (secondary N) is 1. The lowest BCUT2D eigenvalue weighted by Crippen LogP contribution is -2.36. The number of pyridine rings is 1. The highest BCUT2D eigenvalue weighted by Crippen LogP contribution is 2.25. The zero-order chi connectivity index (χ0) is 14.6. The molecular formula is C15H17FN2O2. The number of hydrogen-bond acceptors (Lipinski definition) is 4. The summed E-state index contributed by atoms with van der Waals surface area (Å²) in [5, 5.41) is 12.9. The largest absolute Gasteiger partial charge is 0.497 e. The summed E-state index contributed by atoms with van der Waals surface area (Å²) in [5.41, 5.74) is 0.591. The molecule has 0 radical (unpaired) electrons. The van der Waals surface area contributed by atoms with Crippen LogP contribution >= 0.6 is 0 Å². The van der Waals surface area contributed by atoms with Crippen molar-refractivity contribution < 1.29 is 14.2 Å². The Kier molecular flexibility index (Phi) is 4.20. The summed E-state index contributed by atoms with van der Waals surface area (Å²) in [6, 6.07) is 10.2. The molecule has 4 nitrogen and oxygen atoms in total. The zero-order valence-electron chi connectivity index (χ0n) is 11.4. The van der Waals surface area contributed by atoms with Crippen molar-refractivity contribution in [1.29, 1.82) is 0 Å². The Morgan fingerprint density at radius 3 is 2.45 bits per heavy atom. The van der Waals surface area contributed by atoms with Gasteiger partial charge in [0.2, 0.25) is 0 Å². The molecule has 0 fully saturated rings. The molecule has 1 aromatic carbocycles. The highest BCUT2D eigenvalue weighted by atomic mass is 19.1. The van der Waals surface area contributed by atoms with Crippen LogP contribution in [-0.4, -0.2) is 23.8 Å². The van der Waals surface area contributed by atoms with Crippen molar-refractivity contribution >= 4 is 5.69 Å². The van der Waals surface area contributed by atoms with E-state index < -0.39 is 11.4 Å². The van der Waals surface area contributed by atoms with E-state index in [9.17, 15) is 9.50 Å². The van der Waals surface area contributed by atoms with E-state index in [0.29, 0.717) is 5.69 Å². The predicted octanol–water partition coefficient (Wildman–Crippen LogP) is 2.55. The minimum atomic E-state index is -0.789. The van der Waals surface area contributed by atoms with Crippen molar-refractivity contribution in [2.45, 2.75) is 12.5 Å². The van der Waals surface area contributed by atoms with Gasteiger partial charge in [0.25, 0.3) is 0 Å². The van der Waals surface area contributed by atoms with E-state index in [-0.39, 0.29) is 6.61 Å². The number of nitrogens with zero attached hydrogens (tertiary/aromatic N) is 1. The SMILES string of the molecule is COc1ccc(NC(C)(CO)c2ccc(F)cn2)cc1. The van der Waals surface area contributed by atoms with Crippen LogP contribution in [0.3, 0.4) is 0 Å². The molecule has 20 heavy (non-hydrogen) atoms. The molecule has 2 aromatic rings. The lowest BCUT2D eigenvalue weighted by Gasteiger charge is -2.29. The number of rotatable bonds is 5. The fourth-order valence-electron chi connectivity index (χ4n) is 1.88. The molecule has 1 atom stereocenters. The van der Waals surface area contributed by atoms with Crippen molar-refractivity contribution in [3.63, 3.8) is 0 Å². The van der Waals surface area contributed by atoms with E-state index in [1.807, 2.05) is 24.3 Å². The summed E-state index contributed by atoms with van der Waals surface area (Å²) in [5.74, 6) is 0.347. The molecule has 0 spiro atoms. The molecule has 2 rings (SSSR count). The lowest BCUT2D eigenvalue weighted by atomic mass is 9.97. The van der Waals surface area contributed by atoms with Gasteiger partial charge in [-0.2, -0.15) is 0 Å². The van der Waals surface area contributed by atoms with Gasteiger partial charge in [0.15, 0.2) is 0 Å². The lowest BCUT2D eigenvalue weighted by molar-refractivity contribution is 0.221. The highest BCUT2D eigenvalue weighted by molar-refractivity contribution is 5.49. The van der Waals surface area contributed by atoms with Gasteiger partial charge < -0.3 is 15.2 Å². The maximum absolute atomic E-state index is 12.9. The van der Waals surface area contributed by atoms with Gasteiger partial charge in [0.1, 0.15) is 11.6 Å². The Morgan fingerprint density at radius 1 is 1.25 bits per heavy atom. The van der Waals surface area contributed by atoms with Crippen LogP contribution in [0.2, 0.25) is 0 Å². The van der Waals surface area contributed by atoms with Crippen LogP contribution in [0.25, 0.3) is 0 Å². The van der Waals surface area contributed by atoms with Crippen LogP contribution in [-0.2, 0) is 5.54 Å². The molecule has 0 aliphatic heterocycles. The van der Waals surface area contributed by atoms with E-state index in [1.165, 1.54) is 6.07 Å². The van der Waals surface area contributed by atoms with Gasteiger partial charge in [-0.15, -0.1) is 0 Å². The number of ether oxygens (including phenoxy) is 1. The second kappa shape index (κ2) is 5.88. The molecular weight excluding hydrogens is 259 g/mol. The number of aliphatic hydroxyl groups excluding tert-OH is 1. The summed E-state index contributed by atoms with van der Waals surface area (Å²) in [4.78, 5) is 4.03. The third kappa shape index (κ3) is 3.05. The van der Waals surface area contributed by atoms with Crippen LogP contribution < -0.4 is 10.1 Å². The Balaban J connectivity index is 2.23. The van der Waals surface area contributed by atoms with Crippen LogP contribution in [0.15, 0.2) is 42.6 Å². The second-order valence-electron chi connectivity index (χ2n) is 4.71. The Hall–Kier alpha value is -2.14. The number of benzene rings is 1. The normalized spacial score (nSPS) is 13.6. The number of hydrogen-bond donors (Lipinski definition) is 2. The average Bonchev–Trinajstić information content (AvgIpc) is 2.48. The smallest absolute Gasteiger partial charge is 0.141 e. The fraction of sp³-hybridized carbons (Fsp3) is 0.267. The topological polar surface area (TPSA) is 54.4 Å². The van der Waals surface area contributed by atoms with E-state index in [1.54, 1.807) is 20.1 Å². The molecule has 1 heterocycles. The molecule has 0 saturated heterocycles. The Labute approximate surface area is 117 Å². The zero-order valence-corrected chi connectivity index (χ0v) is 11.4. The summed E-state index contributed by atoms with van der Waals surface area (Å²) in [6.45, 7) is 1.63. The number of anilines is 1. The third-order valence-corrected chi connectivity index (χ3v) is 3.12. The number of aromatic nitrogens is 1. The second-order valence-corrected chi connectivity index (χ2v) is 4.71. The van der Waals surface area contributed by atoms with Crippen molar-refractivity contribution in [2.75, 3.05) is 19.0 Å². The molecule has 0 aliphatic carbocycles. The standard InChI is InChI=1S/C15H17FN2O2/c1-15(10-19,14-8-3-11(16)9-17-14)18-12-4-6-13(20-2)7-5-12/h3-9,18-19H,10H2,1-2H3. The van der Waals surface area contributed by atoms with Gasteiger partial charge >= 0.3 is 0 Å². The predicted molar refractivity (Wildman–Crippen MR) is 75.2 cm³/mol. The maximum Gasteiger partial charge on any atom is 0.141 e. The molecule has 1 aromatic heterocycles. The van der Waals surface area contributed by atoms with E-state index in [2.05, 4.69) is 10.3 Å². The monoisotopic (exact) mass is 276 g/mol. The Morgan fingerprint density at radius 2 is 1.95 bits per heavy atom. The maximum atomic E-state index is 12.9. The van der Waals surface area contributed by atoms with Gasteiger partial charge in [-0.1, -0.05) is 0 Å². The van der Waals surface area contributed by atoms with Crippen molar-refractivity contribution in [1.82, 2.24) is 4.98 Å². The number of methoxy groups -OCH3 is 1. The molecule has 106 valence electrons. The van der Waals surface area contributed by atoms with Crippen LogP contribution in [0.4, 0.5) is 10.1 Å². The minimum Gasteiger partial charge on any atom is -0.497 e. The van der Waals surface area contributed by atoms with Gasteiger partial charge in [0, 0.05) is 5.69 Å².